The highest BCUT2D eigenvalue weighted by Crippen LogP contribution is 2.36. The lowest BCUT2D eigenvalue weighted by Crippen LogP contribution is -2.20. The van der Waals surface area contributed by atoms with Crippen molar-refractivity contribution in [3.8, 4) is 5.75 Å². The summed E-state index contributed by atoms with van der Waals surface area (Å²) in [4.78, 5) is 0. The number of hydrogen-bond donors (Lipinski definition) is 1. The summed E-state index contributed by atoms with van der Waals surface area (Å²) in [5.74, 6) is -2.05. The molecule has 1 aromatic carbocycles. The van der Waals surface area contributed by atoms with E-state index in [1.807, 2.05) is 13.8 Å². The van der Waals surface area contributed by atoms with E-state index < -0.39 is 5.92 Å². The van der Waals surface area contributed by atoms with E-state index in [-0.39, 0.29) is 24.0 Å². The van der Waals surface area contributed by atoms with Gasteiger partial charge in [0.15, 0.2) is 0 Å². The van der Waals surface area contributed by atoms with Gasteiger partial charge in [0.05, 0.1) is 6.10 Å². The molecule has 0 radical (unpaired) electrons. The summed E-state index contributed by atoms with van der Waals surface area (Å²) in [6, 6.07) is 6.19. The largest absolute Gasteiger partial charge is 0.491 e. The molecule has 1 aliphatic heterocycles. The smallest absolute Gasteiger partial charge is 0.273 e. The maximum Gasteiger partial charge on any atom is 0.273 e. The Kier molecular flexibility index (Phi) is 4.40. The van der Waals surface area contributed by atoms with Gasteiger partial charge in [0.2, 0.25) is 0 Å². The van der Waals surface area contributed by atoms with Crippen LogP contribution in [0.1, 0.15) is 32.3 Å². The molecule has 0 spiro atoms. The number of nitrogens with one attached hydrogen (secondary N) is 1. The first-order chi connectivity index (χ1) is 8.97. The highest BCUT2D eigenvalue weighted by Gasteiger charge is 2.35. The van der Waals surface area contributed by atoms with Crippen LogP contribution >= 0.6 is 0 Å². The number of rotatable bonds is 5. The molecule has 1 aliphatic rings. The van der Waals surface area contributed by atoms with Crippen LogP contribution in [0.15, 0.2) is 24.3 Å². The monoisotopic (exact) mass is 269 g/mol. The number of benzene rings is 1. The molecule has 19 heavy (non-hydrogen) atoms. The van der Waals surface area contributed by atoms with Gasteiger partial charge >= 0.3 is 0 Å². The third-order valence-corrected chi connectivity index (χ3v) is 3.36. The van der Waals surface area contributed by atoms with E-state index in [0.29, 0.717) is 12.3 Å². The van der Waals surface area contributed by atoms with Crippen molar-refractivity contribution in [1.29, 1.82) is 0 Å². The summed E-state index contributed by atoms with van der Waals surface area (Å²) < 4.78 is 33.7. The van der Waals surface area contributed by atoms with Gasteiger partial charge in [0, 0.05) is 12.0 Å². The van der Waals surface area contributed by atoms with Gasteiger partial charge in [-0.25, -0.2) is 8.78 Å². The molecule has 0 aliphatic carbocycles. The molecule has 1 atom stereocenters. The Labute approximate surface area is 113 Å². The van der Waals surface area contributed by atoms with Crippen molar-refractivity contribution in [1.82, 2.24) is 5.32 Å². The number of hydrogen-bond acceptors (Lipinski definition) is 2. The Balaban J connectivity index is 2.02. The molecule has 1 N–H and O–H groups in total. The molecule has 2 rings (SSSR count). The van der Waals surface area contributed by atoms with Gasteiger partial charge < -0.3 is 10.1 Å². The normalized spacial score (nSPS) is 19.9. The molecule has 0 aromatic heterocycles. The van der Waals surface area contributed by atoms with Gasteiger partial charge in [-0.3, -0.25) is 0 Å². The second-order valence-corrected chi connectivity index (χ2v) is 5.46. The maximum atomic E-state index is 14.1. The van der Waals surface area contributed by atoms with Crippen LogP contribution in [0.4, 0.5) is 8.78 Å². The van der Waals surface area contributed by atoms with Crippen molar-refractivity contribution in [3.05, 3.63) is 29.8 Å². The molecule has 1 aromatic rings. The Bertz CT molecular complexity index is 397. The topological polar surface area (TPSA) is 21.3 Å². The summed E-state index contributed by atoms with van der Waals surface area (Å²) in [6.07, 6.45) is 0.810. The summed E-state index contributed by atoms with van der Waals surface area (Å²) in [5, 5.41) is 3.12. The fraction of sp³-hybridized carbons (Fsp3) is 0.600. The first kappa shape index (κ1) is 14.3. The molecule has 0 bridgehead atoms. The van der Waals surface area contributed by atoms with Gasteiger partial charge in [0.1, 0.15) is 5.75 Å². The fourth-order valence-corrected chi connectivity index (χ4v) is 2.42. The molecular formula is C15H21F2NO. The lowest BCUT2D eigenvalue weighted by atomic mass is 9.95. The fourth-order valence-electron chi connectivity index (χ4n) is 2.42. The van der Waals surface area contributed by atoms with Crippen molar-refractivity contribution in [2.75, 3.05) is 13.1 Å². The van der Waals surface area contributed by atoms with Crippen LogP contribution in [0.25, 0.3) is 0 Å². The molecule has 4 heteroatoms. The van der Waals surface area contributed by atoms with Crippen molar-refractivity contribution in [2.24, 2.45) is 5.92 Å². The zero-order valence-electron chi connectivity index (χ0n) is 11.5. The minimum Gasteiger partial charge on any atom is -0.491 e. The Morgan fingerprint density at radius 2 is 2.00 bits per heavy atom. The van der Waals surface area contributed by atoms with Crippen LogP contribution < -0.4 is 10.1 Å². The second kappa shape index (κ2) is 5.87. The second-order valence-electron chi connectivity index (χ2n) is 5.46. The van der Waals surface area contributed by atoms with E-state index in [1.165, 1.54) is 12.1 Å². The van der Waals surface area contributed by atoms with Gasteiger partial charge in [-0.05, 0) is 63.5 Å². The average Bonchev–Trinajstić information content (AvgIpc) is 2.81. The first-order valence-electron chi connectivity index (χ1n) is 6.83. The van der Waals surface area contributed by atoms with Crippen molar-refractivity contribution in [2.45, 2.75) is 38.7 Å². The summed E-state index contributed by atoms with van der Waals surface area (Å²) in [6.45, 7) is 5.37. The van der Waals surface area contributed by atoms with E-state index in [9.17, 15) is 8.78 Å². The Morgan fingerprint density at radius 3 is 2.53 bits per heavy atom. The first-order valence-corrected chi connectivity index (χ1v) is 6.83. The lowest BCUT2D eigenvalue weighted by Gasteiger charge is -2.20. The lowest BCUT2D eigenvalue weighted by molar-refractivity contribution is -0.0268. The van der Waals surface area contributed by atoms with Crippen LogP contribution in [-0.4, -0.2) is 19.2 Å². The standard InChI is InChI=1S/C15H21F2NO/c1-11(2)19-14-5-3-13(4-6-14)15(16,17)9-12-7-8-18-10-12/h3-6,11-12,18H,7-10H2,1-2H3. The summed E-state index contributed by atoms with van der Waals surface area (Å²) in [5.41, 5.74) is 0.0792. The third kappa shape index (κ3) is 3.90. The molecule has 0 saturated carbocycles. The molecule has 1 fully saturated rings. The maximum absolute atomic E-state index is 14.1. The van der Waals surface area contributed by atoms with Crippen LogP contribution in [0.5, 0.6) is 5.75 Å². The van der Waals surface area contributed by atoms with E-state index in [1.54, 1.807) is 12.1 Å². The number of alkyl halides is 2. The summed E-state index contributed by atoms with van der Waals surface area (Å²) in [7, 11) is 0. The van der Waals surface area contributed by atoms with E-state index in [2.05, 4.69) is 5.32 Å². The minimum absolute atomic E-state index is 0.0518. The van der Waals surface area contributed by atoms with Gasteiger partial charge in [-0.15, -0.1) is 0 Å². The Hall–Kier alpha value is -1.16. The van der Waals surface area contributed by atoms with E-state index in [0.717, 1.165) is 13.0 Å². The van der Waals surface area contributed by atoms with Crippen molar-refractivity contribution >= 4 is 0 Å². The van der Waals surface area contributed by atoms with Crippen molar-refractivity contribution < 1.29 is 13.5 Å². The predicted molar refractivity (Wildman–Crippen MR) is 71.7 cm³/mol. The highest BCUT2D eigenvalue weighted by molar-refractivity contribution is 5.30. The third-order valence-electron chi connectivity index (χ3n) is 3.36. The van der Waals surface area contributed by atoms with E-state index in [4.69, 9.17) is 4.74 Å². The number of halogens is 2. The van der Waals surface area contributed by atoms with Gasteiger partial charge in [0.25, 0.3) is 5.92 Å². The highest BCUT2D eigenvalue weighted by atomic mass is 19.3. The Morgan fingerprint density at radius 1 is 1.32 bits per heavy atom. The molecule has 1 saturated heterocycles. The molecule has 2 nitrogen and oxygen atoms in total. The predicted octanol–water partition coefficient (Wildman–Crippen LogP) is 3.57. The van der Waals surface area contributed by atoms with Gasteiger partial charge in [-0.1, -0.05) is 0 Å². The molecule has 0 amide bonds. The molecular weight excluding hydrogens is 248 g/mol. The SMILES string of the molecule is CC(C)Oc1ccc(C(F)(F)CC2CCNC2)cc1. The average molecular weight is 269 g/mol. The van der Waals surface area contributed by atoms with Crippen LogP contribution in [0.2, 0.25) is 0 Å². The zero-order valence-corrected chi connectivity index (χ0v) is 11.5. The van der Waals surface area contributed by atoms with Gasteiger partial charge in [-0.2, -0.15) is 0 Å². The molecule has 106 valence electrons. The quantitative estimate of drug-likeness (QED) is 0.882. The van der Waals surface area contributed by atoms with Crippen LogP contribution in [0.3, 0.4) is 0 Å². The summed E-state index contributed by atoms with van der Waals surface area (Å²) >= 11 is 0. The van der Waals surface area contributed by atoms with Crippen LogP contribution in [-0.2, 0) is 5.92 Å². The van der Waals surface area contributed by atoms with E-state index >= 15 is 0 Å². The number of ether oxygens (including phenoxy) is 1. The van der Waals surface area contributed by atoms with Crippen molar-refractivity contribution in [3.63, 3.8) is 0 Å². The van der Waals surface area contributed by atoms with Crippen LogP contribution in [0, 0.1) is 5.92 Å². The minimum atomic E-state index is -2.76. The zero-order chi connectivity index (χ0) is 13.9. The molecule has 1 heterocycles. The molecule has 1 unspecified atom stereocenters.